The van der Waals surface area contributed by atoms with Gasteiger partial charge in [-0.25, -0.2) is 0 Å². The second-order valence-electron chi connectivity index (χ2n) is 5.23. The van der Waals surface area contributed by atoms with Gasteiger partial charge in [-0.1, -0.05) is 0 Å². The average molecular weight is 322 g/mol. The molecule has 1 aliphatic heterocycles. The van der Waals surface area contributed by atoms with Gasteiger partial charge < -0.3 is 24.4 Å². The summed E-state index contributed by atoms with van der Waals surface area (Å²) in [6, 6.07) is 5.26. The summed E-state index contributed by atoms with van der Waals surface area (Å²) in [5.41, 5.74) is 0.694. The summed E-state index contributed by atoms with van der Waals surface area (Å²) in [6.07, 6.45) is 0.202. The first kappa shape index (κ1) is 17.1. The minimum atomic E-state index is -0.354. The van der Waals surface area contributed by atoms with Crippen molar-refractivity contribution in [3.05, 3.63) is 18.2 Å². The average Bonchev–Trinajstić information content (AvgIpc) is 2.96. The molecule has 0 aromatic heterocycles. The zero-order chi connectivity index (χ0) is 16.8. The quantitative estimate of drug-likeness (QED) is 0.752. The van der Waals surface area contributed by atoms with Gasteiger partial charge >= 0.3 is 0 Å². The Hall–Kier alpha value is -2.28. The summed E-state index contributed by atoms with van der Waals surface area (Å²) >= 11 is 0. The van der Waals surface area contributed by atoms with Crippen molar-refractivity contribution in [2.24, 2.45) is 5.92 Å². The van der Waals surface area contributed by atoms with Crippen LogP contribution in [-0.2, 0) is 14.3 Å². The maximum absolute atomic E-state index is 12.2. The van der Waals surface area contributed by atoms with Crippen LogP contribution in [0.1, 0.15) is 6.42 Å². The van der Waals surface area contributed by atoms with Crippen molar-refractivity contribution in [1.29, 1.82) is 0 Å². The number of nitrogens with one attached hydrogen (secondary N) is 1. The van der Waals surface area contributed by atoms with Gasteiger partial charge in [-0.2, -0.15) is 0 Å². The molecule has 1 saturated heterocycles. The van der Waals surface area contributed by atoms with Crippen molar-refractivity contribution in [1.82, 2.24) is 5.32 Å². The molecule has 0 spiro atoms. The van der Waals surface area contributed by atoms with E-state index in [0.717, 1.165) is 0 Å². The van der Waals surface area contributed by atoms with Crippen molar-refractivity contribution >= 4 is 17.5 Å². The number of benzene rings is 1. The van der Waals surface area contributed by atoms with E-state index in [2.05, 4.69) is 5.32 Å². The fourth-order valence-corrected chi connectivity index (χ4v) is 2.55. The molecule has 1 fully saturated rings. The highest BCUT2D eigenvalue weighted by atomic mass is 16.5. The van der Waals surface area contributed by atoms with Crippen LogP contribution in [0.15, 0.2) is 18.2 Å². The summed E-state index contributed by atoms with van der Waals surface area (Å²) in [4.78, 5) is 25.9. The van der Waals surface area contributed by atoms with Crippen LogP contribution in [0.25, 0.3) is 0 Å². The molecule has 1 aromatic carbocycles. The second-order valence-corrected chi connectivity index (χ2v) is 5.23. The van der Waals surface area contributed by atoms with Crippen molar-refractivity contribution in [2.45, 2.75) is 6.42 Å². The van der Waals surface area contributed by atoms with Crippen LogP contribution >= 0.6 is 0 Å². The molecule has 2 amide bonds. The van der Waals surface area contributed by atoms with Crippen molar-refractivity contribution in [3.63, 3.8) is 0 Å². The lowest BCUT2D eigenvalue weighted by molar-refractivity contribution is -0.126. The Morgan fingerprint density at radius 1 is 1.26 bits per heavy atom. The number of anilines is 1. The minimum absolute atomic E-state index is 0.0795. The van der Waals surface area contributed by atoms with Gasteiger partial charge in [0.1, 0.15) is 0 Å². The molecule has 0 aliphatic carbocycles. The summed E-state index contributed by atoms with van der Waals surface area (Å²) < 4.78 is 15.3. The summed E-state index contributed by atoms with van der Waals surface area (Å²) in [7, 11) is 4.67. The maximum atomic E-state index is 12.2. The Labute approximate surface area is 135 Å². The second kappa shape index (κ2) is 7.82. The van der Waals surface area contributed by atoms with E-state index in [9.17, 15) is 9.59 Å². The number of ether oxygens (including phenoxy) is 3. The largest absolute Gasteiger partial charge is 0.493 e. The Morgan fingerprint density at radius 2 is 2.00 bits per heavy atom. The number of carbonyl (C=O) groups excluding carboxylic acids is 2. The zero-order valence-electron chi connectivity index (χ0n) is 13.6. The molecule has 23 heavy (non-hydrogen) atoms. The number of nitrogens with zero attached hydrogens (tertiary/aromatic N) is 1. The Balaban J connectivity index is 2.07. The molecule has 7 heteroatoms. The van der Waals surface area contributed by atoms with E-state index in [4.69, 9.17) is 14.2 Å². The lowest BCUT2D eigenvalue weighted by Gasteiger charge is -2.18. The molecule has 126 valence electrons. The number of amides is 2. The fourth-order valence-electron chi connectivity index (χ4n) is 2.55. The lowest BCUT2D eigenvalue weighted by Crippen LogP contribution is -2.34. The van der Waals surface area contributed by atoms with Gasteiger partial charge in [0.2, 0.25) is 11.8 Å². The summed E-state index contributed by atoms with van der Waals surface area (Å²) in [6.45, 7) is 1.25. The first-order valence-electron chi connectivity index (χ1n) is 7.39. The number of carbonyl (C=O) groups is 2. The molecule has 0 saturated carbocycles. The first-order chi connectivity index (χ1) is 11.1. The predicted molar refractivity (Wildman–Crippen MR) is 84.9 cm³/mol. The molecule has 1 unspecified atom stereocenters. The van der Waals surface area contributed by atoms with Gasteiger partial charge in [0, 0.05) is 38.4 Å². The molecular formula is C16H22N2O5. The predicted octanol–water partition coefficient (Wildman–Crippen LogP) is 0.819. The standard InChI is InChI=1S/C16H22N2O5/c1-21-7-6-17-16(20)11-8-15(19)18(10-11)12-4-5-13(22-2)14(9-12)23-3/h4-5,9,11H,6-8,10H2,1-3H3,(H,17,20). The van der Waals surface area contributed by atoms with Gasteiger partial charge in [0.25, 0.3) is 0 Å². The molecule has 7 nitrogen and oxygen atoms in total. The monoisotopic (exact) mass is 322 g/mol. The third kappa shape index (κ3) is 3.92. The van der Waals surface area contributed by atoms with Crippen LogP contribution in [-0.4, -0.2) is 52.8 Å². The van der Waals surface area contributed by atoms with Crippen molar-refractivity contribution in [3.8, 4) is 11.5 Å². The maximum Gasteiger partial charge on any atom is 0.227 e. The van der Waals surface area contributed by atoms with Crippen LogP contribution in [0, 0.1) is 5.92 Å². The number of hydrogen-bond acceptors (Lipinski definition) is 5. The first-order valence-corrected chi connectivity index (χ1v) is 7.39. The van der Waals surface area contributed by atoms with Gasteiger partial charge in [0.15, 0.2) is 11.5 Å². The molecule has 1 heterocycles. The smallest absolute Gasteiger partial charge is 0.227 e. The molecule has 1 aliphatic rings. The van der Waals surface area contributed by atoms with Crippen LogP contribution in [0.3, 0.4) is 0 Å². The molecule has 1 atom stereocenters. The van der Waals surface area contributed by atoms with Gasteiger partial charge in [-0.15, -0.1) is 0 Å². The van der Waals surface area contributed by atoms with E-state index in [1.807, 2.05) is 0 Å². The fraction of sp³-hybridized carbons (Fsp3) is 0.500. The molecule has 0 bridgehead atoms. The molecule has 1 N–H and O–H groups in total. The highest BCUT2D eigenvalue weighted by molar-refractivity contribution is 6.00. The normalized spacial score (nSPS) is 17.3. The van der Waals surface area contributed by atoms with Crippen LogP contribution in [0.5, 0.6) is 11.5 Å². The number of hydrogen-bond donors (Lipinski definition) is 1. The van der Waals surface area contributed by atoms with Crippen LogP contribution in [0.4, 0.5) is 5.69 Å². The van der Waals surface area contributed by atoms with E-state index in [-0.39, 0.29) is 24.2 Å². The number of rotatable bonds is 7. The Kier molecular flexibility index (Phi) is 5.81. The van der Waals surface area contributed by atoms with E-state index in [0.29, 0.717) is 36.9 Å². The van der Waals surface area contributed by atoms with Gasteiger partial charge in [-0.3, -0.25) is 9.59 Å². The number of methoxy groups -OCH3 is 3. The van der Waals surface area contributed by atoms with Crippen LogP contribution < -0.4 is 19.7 Å². The Bertz CT molecular complexity index is 576. The topological polar surface area (TPSA) is 77.1 Å². The summed E-state index contributed by atoms with van der Waals surface area (Å²) in [5.74, 6) is 0.581. The zero-order valence-corrected chi connectivity index (χ0v) is 13.6. The Morgan fingerprint density at radius 3 is 2.65 bits per heavy atom. The van der Waals surface area contributed by atoms with Gasteiger partial charge in [0.05, 0.1) is 26.7 Å². The van der Waals surface area contributed by atoms with E-state index in [1.165, 1.54) is 0 Å². The highest BCUT2D eigenvalue weighted by Gasteiger charge is 2.35. The van der Waals surface area contributed by atoms with Gasteiger partial charge in [-0.05, 0) is 12.1 Å². The van der Waals surface area contributed by atoms with E-state index in [1.54, 1.807) is 44.4 Å². The SMILES string of the molecule is COCCNC(=O)C1CC(=O)N(c2ccc(OC)c(OC)c2)C1. The van der Waals surface area contributed by atoms with E-state index < -0.39 is 0 Å². The highest BCUT2D eigenvalue weighted by Crippen LogP contribution is 2.34. The van der Waals surface area contributed by atoms with Crippen LogP contribution in [0.2, 0.25) is 0 Å². The lowest BCUT2D eigenvalue weighted by atomic mass is 10.1. The van der Waals surface area contributed by atoms with E-state index >= 15 is 0 Å². The van der Waals surface area contributed by atoms with Crippen molar-refractivity contribution in [2.75, 3.05) is 45.9 Å². The minimum Gasteiger partial charge on any atom is -0.493 e. The third-order valence-electron chi connectivity index (χ3n) is 3.78. The van der Waals surface area contributed by atoms with Crippen molar-refractivity contribution < 1.29 is 23.8 Å². The molecule has 2 rings (SSSR count). The third-order valence-corrected chi connectivity index (χ3v) is 3.78. The molecule has 0 radical (unpaired) electrons. The molecule has 1 aromatic rings. The molecular weight excluding hydrogens is 300 g/mol. The summed E-state index contributed by atoms with van der Waals surface area (Å²) in [5, 5.41) is 2.77.